The van der Waals surface area contributed by atoms with Crippen molar-refractivity contribution in [2.24, 2.45) is 5.73 Å². The summed E-state index contributed by atoms with van der Waals surface area (Å²) in [6.07, 6.45) is 0. The van der Waals surface area contributed by atoms with E-state index in [1.807, 2.05) is 47.9 Å². The summed E-state index contributed by atoms with van der Waals surface area (Å²) in [4.78, 5) is 12.1. The molecule has 0 fully saturated rings. The summed E-state index contributed by atoms with van der Waals surface area (Å²) < 4.78 is 24.0. The van der Waals surface area contributed by atoms with Crippen LogP contribution in [-0.4, -0.2) is 38.9 Å². The molecule has 3 aromatic rings. The molecule has 1 heterocycles. The first-order valence-corrected chi connectivity index (χ1v) is 9.37. The predicted octanol–water partition coefficient (Wildman–Crippen LogP) is 3.65. The lowest BCUT2D eigenvalue weighted by atomic mass is 10.1. The van der Waals surface area contributed by atoms with Crippen LogP contribution in [0.15, 0.2) is 42.5 Å². The van der Waals surface area contributed by atoms with Crippen molar-refractivity contribution in [3.63, 3.8) is 0 Å². The number of aromatic nitrogens is 1. The van der Waals surface area contributed by atoms with Crippen molar-refractivity contribution >= 4 is 5.91 Å². The molecule has 1 aromatic heterocycles. The third kappa shape index (κ3) is 3.78. The van der Waals surface area contributed by atoms with E-state index >= 15 is 0 Å². The van der Waals surface area contributed by atoms with E-state index in [9.17, 15) is 4.79 Å². The van der Waals surface area contributed by atoms with E-state index < -0.39 is 5.91 Å². The molecule has 7 nitrogen and oxygen atoms in total. The number of para-hydroxylation sites is 1. The molecule has 1 amide bonds. The number of hydrogen-bond donors (Lipinski definition) is 1. The van der Waals surface area contributed by atoms with Crippen molar-refractivity contribution < 1.29 is 23.7 Å². The molecule has 0 aliphatic rings. The van der Waals surface area contributed by atoms with Gasteiger partial charge in [-0.05, 0) is 37.3 Å². The molecule has 0 saturated heterocycles. The molecule has 0 bridgehead atoms. The number of methoxy groups -OCH3 is 4. The monoisotopic (exact) mass is 410 g/mol. The fourth-order valence-corrected chi connectivity index (χ4v) is 3.58. The summed E-state index contributed by atoms with van der Waals surface area (Å²) in [5.41, 5.74) is 9.29. The highest BCUT2D eigenvalue weighted by Crippen LogP contribution is 2.38. The zero-order valence-electron chi connectivity index (χ0n) is 17.8. The van der Waals surface area contributed by atoms with Crippen LogP contribution in [0.2, 0.25) is 0 Å². The Balaban J connectivity index is 2.23. The molecule has 0 spiro atoms. The molecule has 0 radical (unpaired) electrons. The summed E-state index contributed by atoms with van der Waals surface area (Å²) in [6, 6.07) is 13.0. The molecular weight excluding hydrogens is 384 g/mol. The summed E-state index contributed by atoms with van der Waals surface area (Å²) in [5.74, 6) is 2.11. The zero-order chi connectivity index (χ0) is 21.8. The van der Waals surface area contributed by atoms with Crippen molar-refractivity contribution in [3.05, 3.63) is 59.3 Å². The third-order valence-corrected chi connectivity index (χ3v) is 5.13. The van der Waals surface area contributed by atoms with Gasteiger partial charge in [0.05, 0.1) is 46.2 Å². The number of ether oxygens (including phenoxy) is 4. The maximum atomic E-state index is 12.1. The van der Waals surface area contributed by atoms with Gasteiger partial charge in [-0.25, -0.2) is 0 Å². The Hall–Kier alpha value is -3.61. The number of amides is 1. The molecule has 0 aliphatic carbocycles. The summed E-state index contributed by atoms with van der Waals surface area (Å²) >= 11 is 0. The van der Waals surface area contributed by atoms with Crippen LogP contribution in [0.5, 0.6) is 23.0 Å². The van der Waals surface area contributed by atoms with Gasteiger partial charge >= 0.3 is 0 Å². The Morgan fingerprint density at radius 3 is 2.27 bits per heavy atom. The van der Waals surface area contributed by atoms with E-state index in [1.165, 1.54) is 0 Å². The summed E-state index contributed by atoms with van der Waals surface area (Å²) in [7, 11) is 6.41. The van der Waals surface area contributed by atoms with Crippen molar-refractivity contribution in [3.8, 4) is 34.3 Å². The first kappa shape index (κ1) is 21.1. The van der Waals surface area contributed by atoms with Crippen LogP contribution in [0.4, 0.5) is 0 Å². The van der Waals surface area contributed by atoms with Gasteiger partial charge in [-0.3, -0.25) is 4.79 Å². The van der Waals surface area contributed by atoms with E-state index in [-0.39, 0.29) is 0 Å². The first-order valence-electron chi connectivity index (χ1n) is 9.37. The number of rotatable bonds is 8. The molecule has 7 heteroatoms. The zero-order valence-corrected chi connectivity index (χ0v) is 17.8. The largest absolute Gasteiger partial charge is 0.497 e. The fraction of sp³-hybridized carbons (Fsp3) is 0.261. The minimum Gasteiger partial charge on any atom is -0.497 e. The molecule has 0 atom stereocenters. The highest BCUT2D eigenvalue weighted by Gasteiger charge is 2.21. The van der Waals surface area contributed by atoms with Gasteiger partial charge in [-0.1, -0.05) is 12.1 Å². The standard InChI is InChI=1S/C23H26N2O5/c1-14-17(23(24)26)12-19(18-11-16(27-2)9-10-20(18)28-3)25(14)13-15-7-6-8-21(29-4)22(15)30-5/h6-12H,13H2,1-5H3,(H2,24,26). The highest BCUT2D eigenvalue weighted by molar-refractivity contribution is 5.96. The first-order chi connectivity index (χ1) is 14.4. The normalized spacial score (nSPS) is 10.6. The van der Waals surface area contributed by atoms with Crippen molar-refractivity contribution in [2.45, 2.75) is 13.5 Å². The lowest BCUT2D eigenvalue weighted by Gasteiger charge is -2.18. The number of nitrogens with two attached hydrogens (primary N) is 1. The van der Waals surface area contributed by atoms with E-state index in [0.717, 1.165) is 22.5 Å². The molecule has 3 rings (SSSR count). The maximum Gasteiger partial charge on any atom is 0.250 e. The van der Waals surface area contributed by atoms with Crippen molar-refractivity contribution in [2.75, 3.05) is 28.4 Å². The van der Waals surface area contributed by atoms with Crippen LogP contribution in [-0.2, 0) is 6.54 Å². The van der Waals surface area contributed by atoms with Gasteiger partial charge in [0.2, 0.25) is 0 Å². The number of primary amides is 1. The van der Waals surface area contributed by atoms with Gasteiger partial charge in [-0.2, -0.15) is 0 Å². The Labute approximate surface area is 175 Å². The molecule has 2 aromatic carbocycles. The van der Waals surface area contributed by atoms with E-state index in [4.69, 9.17) is 24.7 Å². The molecular formula is C23H26N2O5. The van der Waals surface area contributed by atoms with Crippen LogP contribution < -0.4 is 24.7 Å². The SMILES string of the molecule is COc1ccc(OC)c(-c2cc(C(N)=O)c(C)n2Cc2cccc(OC)c2OC)c1. The second kappa shape index (κ2) is 8.82. The average molecular weight is 410 g/mol. The lowest BCUT2D eigenvalue weighted by Crippen LogP contribution is -2.13. The lowest BCUT2D eigenvalue weighted by molar-refractivity contribution is 0.0999. The predicted molar refractivity (Wildman–Crippen MR) is 115 cm³/mol. The molecule has 0 aliphatic heterocycles. The molecule has 2 N–H and O–H groups in total. The Morgan fingerprint density at radius 2 is 1.67 bits per heavy atom. The van der Waals surface area contributed by atoms with Crippen LogP contribution in [0.3, 0.4) is 0 Å². The van der Waals surface area contributed by atoms with E-state index in [0.29, 0.717) is 35.1 Å². The van der Waals surface area contributed by atoms with Gasteiger partial charge in [-0.15, -0.1) is 0 Å². The number of nitrogens with zero attached hydrogens (tertiary/aromatic N) is 1. The number of benzene rings is 2. The smallest absolute Gasteiger partial charge is 0.250 e. The third-order valence-electron chi connectivity index (χ3n) is 5.13. The number of hydrogen-bond acceptors (Lipinski definition) is 5. The minimum absolute atomic E-state index is 0.440. The molecule has 158 valence electrons. The van der Waals surface area contributed by atoms with Gasteiger partial charge in [0.15, 0.2) is 11.5 Å². The fourth-order valence-electron chi connectivity index (χ4n) is 3.58. The Morgan fingerprint density at radius 1 is 0.933 bits per heavy atom. The molecule has 30 heavy (non-hydrogen) atoms. The van der Waals surface area contributed by atoms with Gasteiger partial charge in [0.1, 0.15) is 11.5 Å². The quantitative estimate of drug-likeness (QED) is 0.613. The van der Waals surface area contributed by atoms with Crippen LogP contribution in [0.25, 0.3) is 11.3 Å². The second-order valence-corrected chi connectivity index (χ2v) is 6.70. The molecule has 0 saturated carbocycles. The minimum atomic E-state index is -0.494. The second-order valence-electron chi connectivity index (χ2n) is 6.70. The Kier molecular flexibility index (Phi) is 6.20. The van der Waals surface area contributed by atoms with Crippen molar-refractivity contribution in [1.29, 1.82) is 0 Å². The topological polar surface area (TPSA) is 84.9 Å². The van der Waals surface area contributed by atoms with Crippen LogP contribution in [0.1, 0.15) is 21.6 Å². The Bertz CT molecular complexity index is 1070. The molecule has 0 unspecified atom stereocenters. The highest BCUT2D eigenvalue weighted by atomic mass is 16.5. The van der Waals surface area contributed by atoms with Crippen LogP contribution >= 0.6 is 0 Å². The van der Waals surface area contributed by atoms with E-state index in [1.54, 1.807) is 34.5 Å². The van der Waals surface area contributed by atoms with Crippen LogP contribution in [0, 0.1) is 6.92 Å². The average Bonchev–Trinajstić information content (AvgIpc) is 3.09. The van der Waals surface area contributed by atoms with Gasteiger partial charge < -0.3 is 29.2 Å². The summed E-state index contributed by atoms with van der Waals surface area (Å²) in [5, 5.41) is 0. The van der Waals surface area contributed by atoms with Gasteiger partial charge in [0.25, 0.3) is 5.91 Å². The summed E-state index contributed by atoms with van der Waals surface area (Å²) in [6.45, 7) is 2.30. The van der Waals surface area contributed by atoms with Gasteiger partial charge in [0, 0.05) is 16.8 Å². The van der Waals surface area contributed by atoms with Crippen molar-refractivity contribution in [1.82, 2.24) is 4.57 Å². The number of carbonyl (C=O) groups excluding carboxylic acids is 1. The van der Waals surface area contributed by atoms with E-state index in [2.05, 4.69) is 0 Å². The maximum absolute atomic E-state index is 12.1. The number of carbonyl (C=O) groups is 1.